The molecule has 2 fully saturated rings. The molecule has 2 aromatic rings. The molecule has 12 unspecified atom stereocenters. The van der Waals surface area contributed by atoms with E-state index in [0.29, 0.717) is 24.0 Å². The monoisotopic (exact) mass is 654 g/mol. The maximum Gasteiger partial charge on any atom is 0.335 e. The Morgan fingerprint density at radius 3 is 1.30 bits per heavy atom. The maximum atomic E-state index is 11.4. The summed E-state index contributed by atoms with van der Waals surface area (Å²) in [7, 11) is 0. The van der Waals surface area contributed by atoms with Crippen molar-refractivity contribution in [2.24, 2.45) is 11.8 Å². The molecule has 0 saturated carbocycles. The largest absolute Gasteiger partial charge is 0.504 e. The van der Waals surface area contributed by atoms with Crippen LogP contribution in [0.4, 0.5) is 0 Å². The van der Waals surface area contributed by atoms with E-state index in [2.05, 4.69) is 0 Å². The van der Waals surface area contributed by atoms with Crippen LogP contribution in [0.3, 0.4) is 0 Å². The molecule has 0 radical (unpaired) electrons. The Bertz CT molecular complexity index is 1280. The predicted octanol–water partition coefficient (Wildman–Crippen LogP) is -1.30. The molecule has 0 aliphatic carbocycles. The lowest BCUT2D eigenvalue weighted by Gasteiger charge is -2.38. The van der Waals surface area contributed by atoms with Gasteiger partial charge in [-0.2, -0.15) is 0 Å². The third kappa shape index (κ3) is 7.62. The molecule has 2 aromatic carbocycles. The molecule has 0 spiro atoms. The van der Waals surface area contributed by atoms with Crippen molar-refractivity contribution < 1.29 is 79.6 Å². The summed E-state index contributed by atoms with van der Waals surface area (Å²) < 4.78 is 21.3. The summed E-state index contributed by atoms with van der Waals surface area (Å²) in [6.45, 7) is 3.92. The molecule has 2 heterocycles. The van der Waals surface area contributed by atoms with E-state index in [4.69, 9.17) is 18.9 Å². The zero-order chi connectivity index (χ0) is 34.0. The van der Waals surface area contributed by atoms with Crippen molar-refractivity contribution in [1.29, 1.82) is 0 Å². The van der Waals surface area contributed by atoms with Crippen LogP contribution in [0.5, 0.6) is 23.0 Å². The van der Waals surface area contributed by atoms with Gasteiger partial charge >= 0.3 is 11.9 Å². The minimum Gasteiger partial charge on any atom is -0.504 e. The molecule has 10 N–H and O–H groups in total. The van der Waals surface area contributed by atoms with Gasteiger partial charge in [0, 0.05) is 0 Å². The number of phenols is 2. The molecule has 254 valence electrons. The number of ether oxygens (including phenoxy) is 4. The molecule has 2 saturated heterocycles. The number of aliphatic hydroxyl groups is 6. The lowest BCUT2D eigenvalue weighted by Crippen LogP contribution is -2.61. The lowest BCUT2D eigenvalue weighted by atomic mass is 9.85. The van der Waals surface area contributed by atoms with Crippen molar-refractivity contribution in [3.05, 3.63) is 47.5 Å². The fourth-order valence-electron chi connectivity index (χ4n) is 5.25. The second-order valence-electron chi connectivity index (χ2n) is 11.7. The topological polar surface area (TPSA) is 273 Å². The zero-order valence-electron chi connectivity index (χ0n) is 24.7. The Labute approximate surface area is 262 Å². The van der Waals surface area contributed by atoms with Crippen LogP contribution in [0.25, 0.3) is 0 Å². The number of phenolic OH excluding ortho intramolecular Hbond substituents is 2. The van der Waals surface area contributed by atoms with Gasteiger partial charge in [-0.1, -0.05) is 26.0 Å². The molecule has 12 atom stereocenters. The summed E-state index contributed by atoms with van der Waals surface area (Å²) in [4.78, 5) is 22.8. The van der Waals surface area contributed by atoms with Gasteiger partial charge in [0.05, 0.1) is 0 Å². The second kappa shape index (κ2) is 14.4. The number of carboxylic acid groups (broad SMARTS) is 2. The van der Waals surface area contributed by atoms with Crippen molar-refractivity contribution in [3.8, 4) is 23.0 Å². The van der Waals surface area contributed by atoms with Gasteiger partial charge < -0.3 is 70.0 Å². The number of hydrogen-bond donors (Lipinski definition) is 10. The van der Waals surface area contributed by atoms with Gasteiger partial charge in [-0.3, -0.25) is 0 Å². The highest BCUT2D eigenvalue weighted by molar-refractivity contribution is 5.74. The number of carbonyl (C=O) groups is 2. The number of rotatable bonds is 11. The number of benzene rings is 2. The second-order valence-corrected chi connectivity index (χ2v) is 11.7. The van der Waals surface area contributed by atoms with Crippen molar-refractivity contribution in [2.75, 3.05) is 0 Å². The molecule has 4 rings (SSSR count). The van der Waals surface area contributed by atoms with E-state index in [1.807, 2.05) is 13.8 Å². The van der Waals surface area contributed by atoms with E-state index in [1.54, 1.807) is 12.1 Å². The zero-order valence-corrected chi connectivity index (χ0v) is 24.7. The summed E-state index contributed by atoms with van der Waals surface area (Å²) in [6, 6.07) is 8.90. The Balaban J connectivity index is 1.41. The Morgan fingerprint density at radius 2 is 0.978 bits per heavy atom. The van der Waals surface area contributed by atoms with Crippen molar-refractivity contribution >= 4 is 11.9 Å². The molecule has 0 amide bonds. The standard InChI is InChI=1S/C30H38O16/c1-11(7-13-3-5-15(31)17(9-13)43-29-23(37)19(33)21(35)25(45-29)27(39)40)12(2)8-14-4-6-16(32)18(10-14)44-30-24(38)20(34)22(36)26(46-30)28(41)42/h3-6,9-12,19-26,29-38H,7-8H2,1-2H3,(H,39,40)(H,41,42). The Kier molecular flexibility index (Phi) is 11.0. The van der Waals surface area contributed by atoms with Crippen LogP contribution in [0, 0.1) is 11.8 Å². The van der Waals surface area contributed by atoms with Crippen molar-refractivity contribution in [3.63, 3.8) is 0 Å². The van der Waals surface area contributed by atoms with Gasteiger partial charge in [-0.05, 0) is 60.1 Å². The van der Waals surface area contributed by atoms with Crippen LogP contribution >= 0.6 is 0 Å². The number of aromatic hydroxyl groups is 2. The van der Waals surface area contributed by atoms with E-state index in [9.17, 15) is 60.7 Å². The van der Waals surface area contributed by atoms with Crippen LogP contribution in [-0.4, -0.2) is 124 Å². The highest BCUT2D eigenvalue weighted by Gasteiger charge is 2.49. The Morgan fingerprint density at radius 1 is 0.630 bits per heavy atom. The van der Waals surface area contributed by atoms with Gasteiger partial charge in [-0.15, -0.1) is 0 Å². The maximum absolute atomic E-state index is 11.4. The summed E-state index contributed by atoms with van der Waals surface area (Å²) in [5.74, 6) is -4.14. The van der Waals surface area contributed by atoms with Gasteiger partial charge in [0.2, 0.25) is 12.6 Å². The first-order chi connectivity index (χ1) is 21.6. The van der Waals surface area contributed by atoms with E-state index in [-0.39, 0.29) is 34.8 Å². The van der Waals surface area contributed by atoms with Crippen LogP contribution in [0.15, 0.2) is 36.4 Å². The van der Waals surface area contributed by atoms with Crippen LogP contribution in [0.2, 0.25) is 0 Å². The quantitative estimate of drug-likeness (QED) is 0.135. The summed E-state index contributed by atoms with van der Waals surface area (Å²) >= 11 is 0. The van der Waals surface area contributed by atoms with E-state index < -0.39 is 73.4 Å². The van der Waals surface area contributed by atoms with Gasteiger partial charge in [0.1, 0.15) is 36.6 Å². The minimum absolute atomic E-state index is 0.00287. The number of aliphatic carboxylic acids is 2. The Hall–Kier alpha value is -3.74. The molecule has 16 heteroatoms. The normalized spacial score (nSPS) is 32.7. The average Bonchev–Trinajstić information content (AvgIpc) is 3.00. The van der Waals surface area contributed by atoms with Crippen LogP contribution < -0.4 is 9.47 Å². The average molecular weight is 655 g/mol. The molecule has 0 bridgehead atoms. The molecule has 46 heavy (non-hydrogen) atoms. The first-order valence-electron chi connectivity index (χ1n) is 14.4. The summed E-state index contributed by atoms with van der Waals surface area (Å²) in [6.07, 6.45) is -17.4. The third-order valence-electron chi connectivity index (χ3n) is 8.25. The first-order valence-corrected chi connectivity index (χ1v) is 14.4. The van der Waals surface area contributed by atoms with Gasteiger partial charge in [0.25, 0.3) is 0 Å². The molecule has 2 aliphatic rings. The SMILES string of the molecule is CC(Cc1ccc(O)c(OC2OC(C(=O)O)C(O)C(O)C2O)c1)C(C)Cc1ccc(O)c(OC2OC(C(=O)O)C(O)C(O)C2O)c1. The van der Waals surface area contributed by atoms with E-state index >= 15 is 0 Å². The minimum atomic E-state index is -1.90. The van der Waals surface area contributed by atoms with Crippen molar-refractivity contribution in [1.82, 2.24) is 0 Å². The summed E-state index contributed by atoms with van der Waals surface area (Å²) in [5, 5.41) is 99.6. The fourth-order valence-corrected chi connectivity index (χ4v) is 5.25. The van der Waals surface area contributed by atoms with Crippen LogP contribution in [-0.2, 0) is 31.9 Å². The number of aliphatic hydroxyl groups excluding tert-OH is 6. The van der Waals surface area contributed by atoms with Gasteiger partial charge in [0.15, 0.2) is 35.2 Å². The van der Waals surface area contributed by atoms with E-state index in [1.165, 1.54) is 24.3 Å². The molecule has 2 aliphatic heterocycles. The highest BCUT2D eigenvalue weighted by Crippen LogP contribution is 2.35. The lowest BCUT2D eigenvalue weighted by molar-refractivity contribution is -0.271. The fraction of sp³-hybridized carbons (Fsp3) is 0.533. The molecule has 0 aromatic heterocycles. The molecular weight excluding hydrogens is 616 g/mol. The predicted molar refractivity (Wildman–Crippen MR) is 152 cm³/mol. The highest BCUT2D eigenvalue weighted by atomic mass is 16.7. The molecular formula is C30H38O16. The summed E-state index contributed by atoms with van der Waals surface area (Å²) in [5.41, 5.74) is 1.39. The smallest absolute Gasteiger partial charge is 0.335 e. The van der Waals surface area contributed by atoms with E-state index in [0.717, 1.165) is 0 Å². The molecule has 16 nitrogen and oxygen atoms in total. The van der Waals surface area contributed by atoms with Crippen LogP contribution in [0.1, 0.15) is 25.0 Å². The van der Waals surface area contributed by atoms with Crippen molar-refractivity contribution in [2.45, 2.75) is 88.1 Å². The first kappa shape index (κ1) is 35.1. The number of carboxylic acids is 2. The number of hydrogen-bond acceptors (Lipinski definition) is 14. The van der Waals surface area contributed by atoms with Gasteiger partial charge in [-0.25, -0.2) is 9.59 Å². The third-order valence-corrected chi connectivity index (χ3v) is 8.25.